The number of aryl methyl sites for hydroxylation is 1. The van der Waals surface area contributed by atoms with E-state index < -0.39 is 5.97 Å². The fourth-order valence-electron chi connectivity index (χ4n) is 2.15. The van der Waals surface area contributed by atoms with E-state index in [-0.39, 0.29) is 6.54 Å². The van der Waals surface area contributed by atoms with E-state index in [1.54, 1.807) is 17.3 Å². The molecular formula is C12H15N5O2. The lowest BCUT2D eigenvalue weighted by Gasteiger charge is -2.21. The van der Waals surface area contributed by atoms with Crippen LogP contribution in [0.2, 0.25) is 0 Å². The lowest BCUT2D eigenvalue weighted by atomic mass is 10.3. The summed E-state index contributed by atoms with van der Waals surface area (Å²) in [6.07, 6.45) is 5.75. The van der Waals surface area contributed by atoms with Gasteiger partial charge in [-0.05, 0) is 25.7 Å². The predicted molar refractivity (Wildman–Crippen MR) is 68.1 cm³/mol. The molecule has 7 heteroatoms. The summed E-state index contributed by atoms with van der Waals surface area (Å²) in [6.45, 7) is 2.51. The molecule has 2 aromatic rings. The van der Waals surface area contributed by atoms with Gasteiger partial charge in [0.05, 0.1) is 0 Å². The summed E-state index contributed by atoms with van der Waals surface area (Å²) in [4.78, 5) is 17.1. The van der Waals surface area contributed by atoms with Crippen molar-refractivity contribution in [1.29, 1.82) is 0 Å². The van der Waals surface area contributed by atoms with Crippen molar-refractivity contribution in [3.63, 3.8) is 0 Å². The molecule has 7 nitrogen and oxygen atoms in total. The van der Waals surface area contributed by atoms with E-state index in [1.165, 1.54) is 0 Å². The van der Waals surface area contributed by atoms with Gasteiger partial charge < -0.3 is 10.0 Å². The van der Waals surface area contributed by atoms with Crippen molar-refractivity contribution in [2.45, 2.75) is 19.8 Å². The maximum Gasteiger partial charge on any atom is 0.323 e. The summed E-state index contributed by atoms with van der Waals surface area (Å²) in [7, 11) is 0. The summed E-state index contributed by atoms with van der Waals surface area (Å²) in [5.41, 5.74) is 0.613. The monoisotopic (exact) mass is 261 g/mol. The first kappa shape index (κ1) is 11.9. The second-order valence-corrected chi connectivity index (χ2v) is 4.91. The van der Waals surface area contributed by atoms with Gasteiger partial charge in [-0.2, -0.15) is 0 Å². The third-order valence-corrected chi connectivity index (χ3v) is 3.28. The number of aromatic nitrogens is 4. The minimum atomic E-state index is -0.860. The second kappa shape index (κ2) is 4.49. The van der Waals surface area contributed by atoms with Crippen molar-refractivity contribution in [1.82, 2.24) is 19.6 Å². The Bertz CT molecular complexity index is 620. The first-order chi connectivity index (χ1) is 9.15. The molecule has 0 aromatic carbocycles. The van der Waals surface area contributed by atoms with Crippen molar-refractivity contribution in [3.8, 4) is 0 Å². The molecule has 1 aliphatic carbocycles. The molecule has 1 aliphatic rings. The Morgan fingerprint density at radius 3 is 3.00 bits per heavy atom. The Balaban J connectivity index is 2.00. The van der Waals surface area contributed by atoms with Crippen LogP contribution in [0.1, 0.15) is 18.7 Å². The molecule has 1 N–H and O–H groups in total. The minimum absolute atomic E-state index is 0.0604. The molecule has 100 valence electrons. The van der Waals surface area contributed by atoms with Crippen LogP contribution in [0.25, 0.3) is 5.65 Å². The molecule has 0 spiro atoms. The van der Waals surface area contributed by atoms with Crippen molar-refractivity contribution in [2.75, 3.05) is 18.0 Å². The summed E-state index contributed by atoms with van der Waals surface area (Å²) < 4.78 is 1.82. The summed E-state index contributed by atoms with van der Waals surface area (Å²) in [5.74, 6) is 1.07. The quantitative estimate of drug-likeness (QED) is 0.854. The number of carboxylic acid groups (broad SMARTS) is 1. The summed E-state index contributed by atoms with van der Waals surface area (Å²) in [5, 5.41) is 17.1. The van der Waals surface area contributed by atoms with Gasteiger partial charge in [-0.3, -0.25) is 9.20 Å². The number of fused-ring (bicyclic) bond motifs is 1. The molecule has 2 heterocycles. The molecule has 0 bridgehead atoms. The smallest absolute Gasteiger partial charge is 0.323 e. The van der Waals surface area contributed by atoms with Crippen LogP contribution in [-0.2, 0) is 4.79 Å². The van der Waals surface area contributed by atoms with Gasteiger partial charge in [0, 0.05) is 18.9 Å². The Kier molecular flexibility index (Phi) is 2.81. The third kappa shape index (κ3) is 2.35. The fraction of sp³-hybridized carbons (Fsp3) is 0.500. The van der Waals surface area contributed by atoms with Gasteiger partial charge in [-0.25, -0.2) is 4.98 Å². The number of hydrogen-bond acceptors (Lipinski definition) is 5. The zero-order valence-corrected chi connectivity index (χ0v) is 10.7. The number of anilines is 1. The normalized spacial score (nSPS) is 14.8. The molecule has 0 amide bonds. The molecular weight excluding hydrogens is 246 g/mol. The highest BCUT2D eigenvalue weighted by molar-refractivity contribution is 5.76. The van der Waals surface area contributed by atoms with Crippen LogP contribution in [0.3, 0.4) is 0 Å². The van der Waals surface area contributed by atoms with Crippen molar-refractivity contribution in [3.05, 3.63) is 18.2 Å². The molecule has 1 fully saturated rings. The predicted octanol–water partition coefficient (Wildman–Crippen LogP) is 0.734. The zero-order valence-electron chi connectivity index (χ0n) is 10.7. The van der Waals surface area contributed by atoms with Crippen molar-refractivity contribution >= 4 is 17.4 Å². The van der Waals surface area contributed by atoms with E-state index in [2.05, 4.69) is 15.2 Å². The van der Waals surface area contributed by atoms with Crippen molar-refractivity contribution in [2.24, 2.45) is 5.92 Å². The van der Waals surface area contributed by atoms with Crippen molar-refractivity contribution < 1.29 is 9.90 Å². The topological polar surface area (TPSA) is 83.6 Å². The number of hydrogen-bond donors (Lipinski definition) is 1. The highest BCUT2D eigenvalue weighted by Crippen LogP contribution is 2.31. The maximum atomic E-state index is 11.0. The molecule has 0 aliphatic heterocycles. The minimum Gasteiger partial charge on any atom is -0.480 e. The number of nitrogens with zero attached hydrogens (tertiary/aromatic N) is 5. The molecule has 0 saturated heterocycles. The SMILES string of the molecule is Cc1nnc2c(N(CC(=O)O)CC3CC3)nccn12. The molecule has 2 aromatic heterocycles. The van der Waals surface area contributed by atoms with Crippen LogP contribution >= 0.6 is 0 Å². The van der Waals surface area contributed by atoms with Crippen LogP contribution in [0.4, 0.5) is 5.82 Å². The first-order valence-electron chi connectivity index (χ1n) is 6.28. The van der Waals surface area contributed by atoms with Crippen LogP contribution in [-0.4, -0.2) is 43.7 Å². The number of carboxylic acids is 1. The van der Waals surface area contributed by atoms with Gasteiger partial charge in [-0.1, -0.05) is 0 Å². The van der Waals surface area contributed by atoms with Crippen LogP contribution in [0.5, 0.6) is 0 Å². The van der Waals surface area contributed by atoms with E-state index in [0.29, 0.717) is 23.9 Å². The van der Waals surface area contributed by atoms with Gasteiger partial charge in [-0.15, -0.1) is 10.2 Å². The van der Waals surface area contributed by atoms with E-state index in [9.17, 15) is 4.79 Å². The molecule has 19 heavy (non-hydrogen) atoms. The largest absolute Gasteiger partial charge is 0.480 e. The van der Waals surface area contributed by atoms with Gasteiger partial charge in [0.1, 0.15) is 12.4 Å². The van der Waals surface area contributed by atoms with Crippen LogP contribution < -0.4 is 4.90 Å². The van der Waals surface area contributed by atoms with E-state index >= 15 is 0 Å². The lowest BCUT2D eigenvalue weighted by Crippen LogP contribution is -2.32. The molecule has 0 atom stereocenters. The van der Waals surface area contributed by atoms with Gasteiger partial charge in [0.25, 0.3) is 0 Å². The average molecular weight is 261 g/mol. The first-order valence-corrected chi connectivity index (χ1v) is 6.28. The average Bonchev–Trinajstić information content (AvgIpc) is 3.11. The number of carbonyl (C=O) groups is 1. The molecule has 0 radical (unpaired) electrons. The molecule has 3 rings (SSSR count). The zero-order chi connectivity index (χ0) is 13.4. The summed E-state index contributed by atoms with van der Waals surface area (Å²) >= 11 is 0. The Labute approximate surface area is 109 Å². The number of rotatable bonds is 5. The highest BCUT2D eigenvalue weighted by atomic mass is 16.4. The maximum absolute atomic E-state index is 11.0. The third-order valence-electron chi connectivity index (χ3n) is 3.28. The van der Waals surface area contributed by atoms with Gasteiger partial charge in [0.2, 0.25) is 5.65 Å². The number of aliphatic carboxylic acids is 1. The Morgan fingerprint density at radius 2 is 2.32 bits per heavy atom. The highest BCUT2D eigenvalue weighted by Gasteiger charge is 2.27. The lowest BCUT2D eigenvalue weighted by molar-refractivity contribution is -0.135. The van der Waals surface area contributed by atoms with Gasteiger partial charge in [0.15, 0.2) is 5.82 Å². The fourth-order valence-corrected chi connectivity index (χ4v) is 2.15. The van der Waals surface area contributed by atoms with E-state index in [1.807, 2.05) is 11.3 Å². The molecule has 1 saturated carbocycles. The summed E-state index contributed by atoms with van der Waals surface area (Å²) in [6, 6.07) is 0. The Morgan fingerprint density at radius 1 is 1.53 bits per heavy atom. The Hall–Kier alpha value is -2.18. The van der Waals surface area contributed by atoms with E-state index in [4.69, 9.17) is 5.11 Å². The second-order valence-electron chi connectivity index (χ2n) is 4.91. The standard InChI is InChI=1S/C12H15N5O2/c1-8-14-15-12-11(13-4-5-17(8)12)16(7-10(18)19)6-9-2-3-9/h4-5,9H,2-3,6-7H2,1H3,(H,18,19). The van der Waals surface area contributed by atoms with Crippen LogP contribution in [0.15, 0.2) is 12.4 Å². The van der Waals surface area contributed by atoms with Gasteiger partial charge >= 0.3 is 5.97 Å². The van der Waals surface area contributed by atoms with E-state index in [0.717, 1.165) is 18.7 Å². The van der Waals surface area contributed by atoms with Crippen LogP contribution in [0, 0.1) is 12.8 Å². The molecule has 0 unspecified atom stereocenters.